The summed E-state index contributed by atoms with van der Waals surface area (Å²) >= 11 is 0. The number of rotatable bonds is 7. The number of carbonyl (C=O) groups is 1. The second-order valence-corrected chi connectivity index (χ2v) is 6.13. The fraction of sp³-hybridized carbons (Fsp3) is 0.182. The largest absolute Gasteiger partial charge is 0.489 e. The molecule has 0 fully saturated rings. The Morgan fingerprint density at radius 3 is 2.31 bits per heavy atom. The van der Waals surface area contributed by atoms with Gasteiger partial charge in [0.1, 0.15) is 12.4 Å². The predicted octanol–water partition coefficient (Wildman–Crippen LogP) is 3.98. The van der Waals surface area contributed by atoms with E-state index in [1.54, 1.807) is 17.3 Å². The molecule has 0 aliphatic heterocycles. The fourth-order valence-electron chi connectivity index (χ4n) is 2.60. The van der Waals surface area contributed by atoms with Gasteiger partial charge in [-0.05, 0) is 53.9 Å². The fourth-order valence-corrected chi connectivity index (χ4v) is 2.60. The molecule has 0 saturated carbocycles. The topological polar surface area (TPSA) is 42.4 Å². The highest BCUT2D eigenvalue weighted by molar-refractivity contribution is 5.94. The lowest BCUT2D eigenvalue weighted by molar-refractivity contribution is 0.0796. The molecule has 0 aliphatic rings. The number of aromatic nitrogens is 1. The van der Waals surface area contributed by atoms with Gasteiger partial charge in [0.05, 0.1) is 0 Å². The molecule has 3 aromatic rings. The van der Waals surface area contributed by atoms with Crippen molar-refractivity contribution in [1.29, 1.82) is 0 Å². The number of amides is 1. The summed E-state index contributed by atoms with van der Waals surface area (Å²) in [4.78, 5) is 18.3. The molecule has 0 radical (unpaired) electrons. The van der Waals surface area contributed by atoms with Crippen LogP contribution < -0.4 is 4.74 Å². The van der Waals surface area contributed by atoms with E-state index in [1.165, 1.54) is 5.56 Å². The maximum absolute atomic E-state index is 12.5. The SMILES string of the molecule is CN(CCc1ccncc1)C(=O)c1ccc(OCc2ccccc2)cc1. The van der Waals surface area contributed by atoms with E-state index in [-0.39, 0.29) is 5.91 Å². The molecular weight excluding hydrogens is 324 g/mol. The number of pyridine rings is 1. The Kier molecular flexibility index (Phi) is 5.99. The van der Waals surface area contributed by atoms with Crippen molar-refractivity contribution < 1.29 is 9.53 Å². The van der Waals surface area contributed by atoms with Gasteiger partial charge in [-0.3, -0.25) is 9.78 Å². The molecule has 0 unspecified atom stereocenters. The van der Waals surface area contributed by atoms with Crippen molar-refractivity contribution in [2.24, 2.45) is 0 Å². The molecule has 0 aliphatic carbocycles. The molecule has 0 bridgehead atoms. The van der Waals surface area contributed by atoms with Crippen molar-refractivity contribution in [2.75, 3.05) is 13.6 Å². The van der Waals surface area contributed by atoms with Gasteiger partial charge >= 0.3 is 0 Å². The number of hydrogen-bond donors (Lipinski definition) is 0. The third-order valence-electron chi connectivity index (χ3n) is 4.18. The molecule has 132 valence electrons. The Morgan fingerprint density at radius 1 is 0.923 bits per heavy atom. The van der Waals surface area contributed by atoms with Crippen LogP contribution in [-0.4, -0.2) is 29.4 Å². The Hall–Kier alpha value is -3.14. The van der Waals surface area contributed by atoms with E-state index in [0.717, 1.165) is 17.7 Å². The van der Waals surface area contributed by atoms with Crippen LogP contribution in [0.4, 0.5) is 0 Å². The third kappa shape index (κ3) is 4.93. The minimum atomic E-state index is 0.00802. The summed E-state index contributed by atoms with van der Waals surface area (Å²) in [6.45, 7) is 1.18. The highest BCUT2D eigenvalue weighted by Gasteiger charge is 2.11. The molecule has 2 aromatic carbocycles. The predicted molar refractivity (Wildman–Crippen MR) is 102 cm³/mol. The molecule has 0 N–H and O–H groups in total. The number of likely N-dealkylation sites (N-methyl/N-ethyl adjacent to an activating group) is 1. The van der Waals surface area contributed by atoms with E-state index < -0.39 is 0 Å². The minimum absolute atomic E-state index is 0.00802. The van der Waals surface area contributed by atoms with Crippen LogP contribution >= 0.6 is 0 Å². The normalized spacial score (nSPS) is 10.3. The van der Waals surface area contributed by atoms with Gasteiger partial charge in [-0.2, -0.15) is 0 Å². The van der Waals surface area contributed by atoms with E-state index in [2.05, 4.69) is 4.98 Å². The second kappa shape index (κ2) is 8.81. The van der Waals surface area contributed by atoms with Gasteiger partial charge in [0.2, 0.25) is 0 Å². The third-order valence-corrected chi connectivity index (χ3v) is 4.18. The zero-order chi connectivity index (χ0) is 18.2. The van der Waals surface area contributed by atoms with Gasteiger partial charge in [-0.15, -0.1) is 0 Å². The lowest BCUT2D eigenvalue weighted by atomic mass is 10.1. The summed E-state index contributed by atoms with van der Waals surface area (Å²) in [5.74, 6) is 0.763. The van der Waals surface area contributed by atoms with Crippen LogP contribution in [0.1, 0.15) is 21.5 Å². The lowest BCUT2D eigenvalue weighted by Crippen LogP contribution is -2.28. The molecule has 1 aromatic heterocycles. The van der Waals surface area contributed by atoms with E-state index in [1.807, 2.05) is 73.8 Å². The first kappa shape index (κ1) is 17.7. The molecule has 26 heavy (non-hydrogen) atoms. The van der Waals surface area contributed by atoms with Crippen molar-refractivity contribution in [3.63, 3.8) is 0 Å². The van der Waals surface area contributed by atoms with Crippen LogP contribution in [0.5, 0.6) is 5.75 Å². The zero-order valence-electron chi connectivity index (χ0n) is 14.8. The summed E-state index contributed by atoms with van der Waals surface area (Å²) in [7, 11) is 1.82. The number of nitrogens with zero attached hydrogens (tertiary/aromatic N) is 2. The van der Waals surface area contributed by atoms with Gasteiger partial charge in [-0.1, -0.05) is 30.3 Å². The monoisotopic (exact) mass is 346 g/mol. The van der Waals surface area contributed by atoms with Crippen molar-refractivity contribution in [2.45, 2.75) is 13.0 Å². The maximum Gasteiger partial charge on any atom is 0.253 e. The molecule has 1 heterocycles. The number of carbonyl (C=O) groups excluding carboxylic acids is 1. The van der Waals surface area contributed by atoms with Gasteiger partial charge in [0, 0.05) is 31.5 Å². The summed E-state index contributed by atoms with van der Waals surface area (Å²) in [6, 6.07) is 21.2. The summed E-state index contributed by atoms with van der Waals surface area (Å²) in [5, 5.41) is 0. The summed E-state index contributed by atoms with van der Waals surface area (Å²) < 4.78 is 5.76. The molecule has 0 atom stereocenters. The van der Waals surface area contributed by atoms with Crippen molar-refractivity contribution in [3.8, 4) is 5.75 Å². The number of ether oxygens (including phenoxy) is 1. The van der Waals surface area contributed by atoms with Crippen LogP contribution in [0.15, 0.2) is 79.1 Å². The number of hydrogen-bond acceptors (Lipinski definition) is 3. The quantitative estimate of drug-likeness (QED) is 0.650. The van der Waals surface area contributed by atoms with E-state index >= 15 is 0 Å². The van der Waals surface area contributed by atoms with Gasteiger partial charge in [0.15, 0.2) is 0 Å². The Morgan fingerprint density at radius 2 is 1.62 bits per heavy atom. The van der Waals surface area contributed by atoms with E-state index in [4.69, 9.17) is 4.74 Å². The maximum atomic E-state index is 12.5. The first-order chi connectivity index (χ1) is 12.7. The molecule has 0 spiro atoms. The molecular formula is C22H22N2O2. The standard InChI is InChI=1S/C22H22N2O2/c1-24(16-13-18-11-14-23-15-12-18)22(25)20-7-9-21(10-8-20)26-17-19-5-3-2-4-6-19/h2-12,14-15H,13,16-17H2,1H3. The molecule has 1 amide bonds. The van der Waals surface area contributed by atoms with E-state index in [9.17, 15) is 4.79 Å². The Bertz CT molecular complexity index is 818. The zero-order valence-corrected chi connectivity index (χ0v) is 14.8. The molecule has 3 rings (SSSR count). The molecule has 4 heteroatoms. The van der Waals surface area contributed by atoms with Crippen LogP contribution in [0.25, 0.3) is 0 Å². The number of benzene rings is 2. The molecule has 4 nitrogen and oxygen atoms in total. The highest BCUT2D eigenvalue weighted by Crippen LogP contribution is 2.15. The average Bonchev–Trinajstić information content (AvgIpc) is 2.72. The minimum Gasteiger partial charge on any atom is -0.489 e. The highest BCUT2D eigenvalue weighted by atomic mass is 16.5. The van der Waals surface area contributed by atoms with Gasteiger partial charge in [-0.25, -0.2) is 0 Å². The molecule has 0 saturated heterocycles. The average molecular weight is 346 g/mol. The lowest BCUT2D eigenvalue weighted by Gasteiger charge is -2.17. The van der Waals surface area contributed by atoms with Crippen molar-refractivity contribution in [1.82, 2.24) is 9.88 Å². The first-order valence-corrected chi connectivity index (χ1v) is 8.63. The van der Waals surface area contributed by atoms with E-state index in [0.29, 0.717) is 18.7 Å². The van der Waals surface area contributed by atoms with Gasteiger partial charge in [0.25, 0.3) is 5.91 Å². The van der Waals surface area contributed by atoms with Crippen molar-refractivity contribution in [3.05, 3.63) is 95.8 Å². The second-order valence-electron chi connectivity index (χ2n) is 6.13. The Balaban J connectivity index is 1.52. The smallest absolute Gasteiger partial charge is 0.253 e. The van der Waals surface area contributed by atoms with Crippen molar-refractivity contribution >= 4 is 5.91 Å². The van der Waals surface area contributed by atoms with Crippen LogP contribution in [0.2, 0.25) is 0 Å². The van der Waals surface area contributed by atoms with Crippen LogP contribution in [-0.2, 0) is 13.0 Å². The summed E-state index contributed by atoms with van der Waals surface area (Å²) in [6.07, 6.45) is 4.35. The van der Waals surface area contributed by atoms with Crippen LogP contribution in [0, 0.1) is 0 Å². The van der Waals surface area contributed by atoms with Crippen LogP contribution in [0.3, 0.4) is 0 Å². The Labute approximate surface area is 154 Å². The van der Waals surface area contributed by atoms with Gasteiger partial charge < -0.3 is 9.64 Å². The first-order valence-electron chi connectivity index (χ1n) is 8.63. The summed E-state index contributed by atoms with van der Waals surface area (Å²) in [5.41, 5.74) is 2.95.